The van der Waals surface area contributed by atoms with Gasteiger partial charge in [0.2, 0.25) is 29.4 Å². The molecule has 1 aromatic rings. The number of hydrogen-bond donors (Lipinski definition) is 4. The van der Waals surface area contributed by atoms with Gasteiger partial charge in [-0.15, -0.1) is 0 Å². The van der Waals surface area contributed by atoms with Crippen LogP contribution < -0.4 is 21.3 Å². The lowest BCUT2D eigenvalue weighted by Gasteiger charge is -2.37. The van der Waals surface area contributed by atoms with E-state index in [1.54, 1.807) is 71.9 Å². The van der Waals surface area contributed by atoms with E-state index in [9.17, 15) is 42.3 Å². The third-order valence-electron chi connectivity index (χ3n) is 9.32. The monoisotopic (exact) mass is 732 g/mol. The molecule has 1 aromatic carbocycles. The van der Waals surface area contributed by atoms with Crippen LogP contribution in [0.4, 0.5) is 13.6 Å². The Labute approximate surface area is 302 Å². The lowest BCUT2D eigenvalue weighted by atomic mass is 9.85. The molecule has 1 aliphatic heterocycles. The van der Waals surface area contributed by atoms with Crippen molar-refractivity contribution in [1.29, 1.82) is 0 Å². The Kier molecular flexibility index (Phi) is 11.7. The third kappa shape index (κ3) is 9.62. The molecule has 52 heavy (non-hydrogen) atoms. The number of ether oxygens (including phenoxy) is 1. The molecule has 3 aliphatic rings. The van der Waals surface area contributed by atoms with Gasteiger partial charge in [-0.2, -0.15) is 0 Å². The molecule has 14 nitrogen and oxygen atoms in total. The summed E-state index contributed by atoms with van der Waals surface area (Å²) in [5.74, 6) is -11.3. The van der Waals surface area contributed by atoms with Crippen LogP contribution in [0.2, 0.25) is 0 Å². The van der Waals surface area contributed by atoms with Crippen molar-refractivity contribution in [2.45, 2.75) is 96.5 Å². The third-order valence-corrected chi connectivity index (χ3v) is 9.32. The molecule has 4 unspecified atom stereocenters. The van der Waals surface area contributed by atoms with Crippen molar-refractivity contribution in [3.8, 4) is 0 Å². The number of fused-ring (bicyclic) bond motifs is 1. The number of benzene rings is 1. The number of Topliss-reactive ketones (excluding diaryl/α,β-unsaturated/α-hetero) is 1. The van der Waals surface area contributed by atoms with Gasteiger partial charge in [0.25, 0.3) is 11.8 Å². The first kappa shape index (κ1) is 40.1. The number of likely N-dealkylation sites (N-methyl/N-ethyl adjacent to an activating group) is 1. The fourth-order valence-electron chi connectivity index (χ4n) is 6.36. The van der Waals surface area contributed by atoms with Crippen molar-refractivity contribution in [3.05, 3.63) is 35.9 Å². The molecule has 2 aliphatic carbocycles. The van der Waals surface area contributed by atoms with Gasteiger partial charge in [0.15, 0.2) is 0 Å². The first-order valence-electron chi connectivity index (χ1n) is 17.4. The maximum atomic E-state index is 14.8. The highest BCUT2D eigenvalue weighted by molar-refractivity contribution is 6.38. The van der Waals surface area contributed by atoms with Gasteiger partial charge in [-0.3, -0.25) is 28.8 Å². The molecule has 0 spiro atoms. The highest BCUT2D eigenvalue weighted by Crippen LogP contribution is 2.62. The van der Waals surface area contributed by atoms with E-state index in [2.05, 4.69) is 21.3 Å². The number of ketones is 1. The van der Waals surface area contributed by atoms with E-state index in [0.717, 1.165) is 17.7 Å². The molecular formula is C36H50F2N6O8. The molecule has 0 aromatic heterocycles. The molecule has 286 valence electrons. The van der Waals surface area contributed by atoms with Crippen molar-refractivity contribution in [2.75, 3.05) is 27.2 Å². The first-order valence-corrected chi connectivity index (χ1v) is 17.4. The average molecular weight is 733 g/mol. The molecule has 1 saturated heterocycles. The van der Waals surface area contributed by atoms with Crippen LogP contribution >= 0.6 is 0 Å². The van der Waals surface area contributed by atoms with Crippen molar-refractivity contribution in [1.82, 2.24) is 31.1 Å². The van der Waals surface area contributed by atoms with E-state index in [4.69, 9.17) is 4.74 Å². The van der Waals surface area contributed by atoms with Crippen LogP contribution in [-0.4, -0.2) is 108 Å². The van der Waals surface area contributed by atoms with Crippen LogP contribution in [0.25, 0.3) is 0 Å². The zero-order chi connectivity index (χ0) is 38.9. The van der Waals surface area contributed by atoms with Crippen LogP contribution in [0.3, 0.4) is 0 Å². The molecule has 4 rings (SSSR count). The molecule has 3 fully saturated rings. The Bertz CT molecular complexity index is 1570. The van der Waals surface area contributed by atoms with Gasteiger partial charge >= 0.3 is 6.09 Å². The van der Waals surface area contributed by atoms with E-state index < -0.39 is 107 Å². The van der Waals surface area contributed by atoms with Crippen LogP contribution in [0.5, 0.6) is 0 Å². The standard InChI is InChI=1S/C36H50F2N6O8/c1-34(2,3)28(42-33(51)52-35(4,5)6)32(50)44-18-21-24(36(21,37)38)26(44)29(47)40-22(16-19-14-15-19)27(46)30(48)39-17-23(45)41-25(31(49)43(7)8)20-12-10-9-11-13-20/h9-13,19,21-22,24-26,28H,14-18H2,1-8H3,(H,39,48)(H,40,47)(H,41,45)(H,42,51)/t21?,22?,24?,25?,26-,28+/m0/s1. The van der Waals surface area contributed by atoms with Gasteiger partial charge in [0, 0.05) is 20.6 Å². The molecule has 0 bridgehead atoms. The van der Waals surface area contributed by atoms with Crippen molar-refractivity contribution in [2.24, 2.45) is 23.2 Å². The lowest BCUT2D eigenvalue weighted by Crippen LogP contribution is -2.61. The summed E-state index contributed by atoms with van der Waals surface area (Å²) in [7, 11) is 3.04. The highest BCUT2D eigenvalue weighted by Gasteiger charge is 2.78. The summed E-state index contributed by atoms with van der Waals surface area (Å²) in [4.78, 5) is 94.8. The molecule has 6 amide bonds. The quantitative estimate of drug-likeness (QED) is 0.222. The number of rotatable bonds is 13. The summed E-state index contributed by atoms with van der Waals surface area (Å²) in [6, 6.07) is 3.04. The summed E-state index contributed by atoms with van der Waals surface area (Å²) in [6.45, 7) is 8.80. The van der Waals surface area contributed by atoms with Crippen LogP contribution in [0.1, 0.15) is 72.4 Å². The summed E-state index contributed by atoms with van der Waals surface area (Å²) in [5.41, 5.74) is -1.30. The van der Waals surface area contributed by atoms with Crippen molar-refractivity contribution < 1.29 is 47.1 Å². The van der Waals surface area contributed by atoms with Crippen LogP contribution in [0, 0.1) is 23.2 Å². The predicted octanol–water partition coefficient (Wildman–Crippen LogP) is 1.93. The summed E-state index contributed by atoms with van der Waals surface area (Å²) in [5, 5.41) is 9.79. The SMILES string of the molecule is CN(C)C(=O)C(NC(=O)CNC(=O)C(=O)C(CC1CC1)NC(=O)[C@@H]1C2C(CN1C(=O)[C@@H](NC(=O)OC(C)(C)C)C(C)(C)C)C2(F)F)c1ccccc1. The van der Waals surface area contributed by atoms with Gasteiger partial charge in [0.05, 0.1) is 24.4 Å². The molecule has 4 N–H and O–H groups in total. The molecule has 16 heteroatoms. The minimum absolute atomic E-state index is 0.00578. The van der Waals surface area contributed by atoms with Gasteiger partial charge in [-0.1, -0.05) is 63.9 Å². The van der Waals surface area contributed by atoms with E-state index in [1.165, 1.54) is 19.0 Å². The Morgan fingerprint density at radius 2 is 1.56 bits per heavy atom. The minimum Gasteiger partial charge on any atom is -0.444 e. The molecule has 1 heterocycles. The summed E-state index contributed by atoms with van der Waals surface area (Å²) >= 11 is 0. The van der Waals surface area contributed by atoms with E-state index in [-0.39, 0.29) is 12.3 Å². The van der Waals surface area contributed by atoms with Gasteiger partial charge < -0.3 is 35.8 Å². The zero-order valence-corrected chi connectivity index (χ0v) is 30.9. The molecule has 0 radical (unpaired) electrons. The number of alkyl carbamates (subject to hydrolysis) is 1. The topological polar surface area (TPSA) is 183 Å². The maximum absolute atomic E-state index is 14.8. The van der Waals surface area contributed by atoms with Crippen molar-refractivity contribution >= 4 is 41.4 Å². The average Bonchev–Trinajstić information content (AvgIpc) is 3.90. The number of likely N-dealkylation sites (tertiary alicyclic amines) is 1. The first-order chi connectivity index (χ1) is 24.0. The highest BCUT2D eigenvalue weighted by atomic mass is 19.3. The largest absolute Gasteiger partial charge is 0.444 e. The number of carbonyl (C=O) groups is 7. The summed E-state index contributed by atoms with van der Waals surface area (Å²) < 4.78 is 35.0. The van der Waals surface area contributed by atoms with E-state index in [1.807, 2.05) is 0 Å². The molecular weight excluding hydrogens is 682 g/mol. The number of carbonyl (C=O) groups excluding carboxylic acids is 7. The number of nitrogens with one attached hydrogen (secondary N) is 4. The van der Waals surface area contributed by atoms with Gasteiger partial charge in [-0.05, 0) is 44.1 Å². The normalized spacial score (nSPS) is 22.1. The number of halogens is 2. The van der Waals surface area contributed by atoms with Gasteiger partial charge in [-0.25, -0.2) is 13.6 Å². The Morgan fingerprint density at radius 3 is 2.10 bits per heavy atom. The minimum atomic E-state index is -3.24. The Balaban J connectivity index is 1.46. The van der Waals surface area contributed by atoms with E-state index >= 15 is 0 Å². The number of alkyl halides is 2. The Hall–Kier alpha value is -4.63. The fraction of sp³-hybridized carbons (Fsp3) is 0.639. The smallest absolute Gasteiger partial charge is 0.408 e. The van der Waals surface area contributed by atoms with Crippen LogP contribution in [0.15, 0.2) is 30.3 Å². The summed E-state index contributed by atoms with van der Waals surface area (Å²) in [6.07, 6.45) is 0.606. The second-order valence-corrected chi connectivity index (χ2v) is 16.1. The maximum Gasteiger partial charge on any atom is 0.408 e. The van der Waals surface area contributed by atoms with Crippen LogP contribution in [-0.2, 0) is 33.5 Å². The number of amides is 6. The van der Waals surface area contributed by atoms with Crippen molar-refractivity contribution in [3.63, 3.8) is 0 Å². The zero-order valence-electron chi connectivity index (χ0n) is 30.9. The second kappa shape index (κ2) is 15.2. The fourth-order valence-corrected chi connectivity index (χ4v) is 6.36. The lowest BCUT2D eigenvalue weighted by molar-refractivity contribution is -0.147. The Morgan fingerprint density at radius 1 is 0.942 bits per heavy atom. The number of nitrogens with zero attached hydrogens (tertiary/aromatic N) is 2. The van der Waals surface area contributed by atoms with E-state index in [0.29, 0.717) is 5.56 Å². The second-order valence-electron chi connectivity index (χ2n) is 16.1. The molecule has 6 atom stereocenters. The predicted molar refractivity (Wildman–Crippen MR) is 183 cm³/mol. The number of piperidine rings is 1. The number of hydrogen-bond acceptors (Lipinski definition) is 8. The molecule has 2 saturated carbocycles. The van der Waals surface area contributed by atoms with Gasteiger partial charge in [0.1, 0.15) is 23.7 Å².